The van der Waals surface area contributed by atoms with Gasteiger partial charge >= 0.3 is 7.60 Å². The van der Waals surface area contributed by atoms with E-state index in [1.165, 1.54) is 6.20 Å². The topological polar surface area (TPSA) is 83.3 Å². The molecule has 1 heterocycles. The van der Waals surface area contributed by atoms with Crippen LogP contribution >= 0.6 is 7.60 Å². The molecule has 0 aliphatic rings. The minimum absolute atomic E-state index is 0.293. The van der Waals surface area contributed by atoms with Crippen LogP contribution in [0.2, 0.25) is 0 Å². The Kier molecular flexibility index (Phi) is 2.81. The highest BCUT2D eigenvalue weighted by Gasteiger charge is 2.16. The second-order valence-corrected chi connectivity index (χ2v) is 4.50. The molecular formula is C7H11N2O3P. The average molecular weight is 202 g/mol. The molecule has 0 aliphatic heterocycles. The van der Waals surface area contributed by atoms with Crippen LogP contribution in [-0.4, -0.2) is 19.8 Å². The molecule has 0 saturated heterocycles. The fraction of sp³-hybridized carbons (Fsp3) is 0.429. The maximum Gasteiger partial charge on any atom is 0.330 e. The maximum atomic E-state index is 10.7. The van der Waals surface area contributed by atoms with Gasteiger partial charge in [0.05, 0.1) is 6.16 Å². The molecule has 0 saturated carbocycles. The molecule has 0 aliphatic carbocycles. The summed E-state index contributed by atoms with van der Waals surface area (Å²) in [6, 6.07) is 0. The third-order valence-corrected chi connectivity index (χ3v) is 2.33. The Morgan fingerprint density at radius 1 is 1.46 bits per heavy atom. The zero-order valence-corrected chi connectivity index (χ0v) is 8.32. The van der Waals surface area contributed by atoms with Crippen LogP contribution in [0.25, 0.3) is 0 Å². The van der Waals surface area contributed by atoms with Crippen LogP contribution in [0.4, 0.5) is 0 Å². The van der Waals surface area contributed by atoms with Gasteiger partial charge in [0.25, 0.3) is 0 Å². The molecular weight excluding hydrogens is 191 g/mol. The first-order chi connectivity index (χ1) is 5.88. The van der Waals surface area contributed by atoms with E-state index in [4.69, 9.17) is 9.79 Å². The van der Waals surface area contributed by atoms with Crippen LogP contribution in [0.1, 0.15) is 17.1 Å². The number of hydrogen-bond acceptors (Lipinski definition) is 3. The summed E-state index contributed by atoms with van der Waals surface area (Å²) in [6.45, 7) is 3.44. The predicted molar refractivity (Wildman–Crippen MR) is 47.3 cm³/mol. The summed E-state index contributed by atoms with van der Waals surface area (Å²) >= 11 is 0. The van der Waals surface area contributed by atoms with Crippen molar-refractivity contribution in [1.29, 1.82) is 0 Å². The van der Waals surface area contributed by atoms with E-state index in [-0.39, 0.29) is 6.16 Å². The van der Waals surface area contributed by atoms with E-state index >= 15 is 0 Å². The summed E-state index contributed by atoms with van der Waals surface area (Å²) in [7, 11) is -4.01. The van der Waals surface area contributed by atoms with Gasteiger partial charge in [0.2, 0.25) is 0 Å². The van der Waals surface area contributed by atoms with E-state index in [2.05, 4.69) is 9.97 Å². The summed E-state index contributed by atoms with van der Waals surface area (Å²) in [5, 5.41) is 0. The molecule has 0 aromatic carbocycles. The van der Waals surface area contributed by atoms with Crippen LogP contribution in [0, 0.1) is 13.8 Å². The number of aromatic nitrogens is 2. The lowest BCUT2D eigenvalue weighted by Crippen LogP contribution is -1.98. The Labute approximate surface area is 76.0 Å². The Bertz CT molecular complexity index is 361. The Balaban J connectivity index is 2.97. The van der Waals surface area contributed by atoms with Crippen molar-refractivity contribution < 1.29 is 14.4 Å². The largest absolute Gasteiger partial charge is 0.330 e. The van der Waals surface area contributed by atoms with E-state index < -0.39 is 7.60 Å². The normalized spacial score (nSPS) is 11.7. The minimum atomic E-state index is -4.01. The van der Waals surface area contributed by atoms with Crippen LogP contribution in [0.5, 0.6) is 0 Å². The van der Waals surface area contributed by atoms with Crippen LogP contribution < -0.4 is 0 Å². The second kappa shape index (κ2) is 3.54. The van der Waals surface area contributed by atoms with Crippen molar-refractivity contribution >= 4 is 7.60 Å². The third-order valence-electron chi connectivity index (χ3n) is 1.58. The molecule has 2 N–H and O–H groups in total. The molecule has 1 rings (SSSR count). The quantitative estimate of drug-likeness (QED) is 0.692. The van der Waals surface area contributed by atoms with Gasteiger partial charge in [0, 0.05) is 17.5 Å². The molecule has 1 aromatic rings. The van der Waals surface area contributed by atoms with Crippen molar-refractivity contribution in [2.75, 3.05) is 0 Å². The van der Waals surface area contributed by atoms with Gasteiger partial charge in [-0.15, -0.1) is 0 Å². The molecule has 0 fully saturated rings. The summed E-state index contributed by atoms with van der Waals surface area (Å²) < 4.78 is 10.7. The van der Waals surface area contributed by atoms with Gasteiger partial charge in [-0.05, 0) is 13.8 Å². The average Bonchev–Trinajstić information content (AvgIpc) is 1.93. The van der Waals surface area contributed by atoms with Crippen LogP contribution in [0.3, 0.4) is 0 Å². The minimum Gasteiger partial charge on any atom is -0.324 e. The SMILES string of the molecule is Cc1ncc(CP(=O)(O)O)c(C)n1. The Morgan fingerprint density at radius 3 is 2.54 bits per heavy atom. The smallest absolute Gasteiger partial charge is 0.324 e. The van der Waals surface area contributed by atoms with Crippen LogP contribution in [0.15, 0.2) is 6.20 Å². The molecule has 0 atom stereocenters. The molecule has 13 heavy (non-hydrogen) atoms. The van der Waals surface area contributed by atoms with E-state index in [1.54, 1.807) is 13.8 Å². The third kappa shape index (κ3) is 3.22. The summed E-state index contributed by atoms with van der Waals surface area (Å²) in [6.07, 6.45) is 1.16. The van der Waals surface area contributed by atoms with Gasteiger partial charge in [-0.25, -0.2) is 9.97 Å². The predicted octanol–water partition coefficient (Wildman–Crippen LogP) is 0.771. The van der Waals surface area contributed by atoms with Crippen molar-refractivity contribution in [3.63, 3.8) is 0 Å². The highest BCUT2D eigenvalue weighted by Crippen LogP contribution is 2.39. The highest BCUT2D eigenvalue weighted by molar-refractivity contribution is 7.50. The molecule has 0 amide bonds. The molecule has 0 unspecified atom stereocenters. The highest BCUT2D eigenvalue weighted by atomic mass is 31.2. The first-order valence-corrected chi connectivity index (χ1v) is 5.52. The molecule has 0 radical (unpaired) electrons. The molecule has 0 spiro atoms. The first-order valence-electron chi connectivity index (χ1n) is 3.72. The lowest BCUT2D eigenvalue weighted by molar-refractivity contribution is 0.371. The lowest BCUT2D eigenvalue weighted by Gasteiger charge is -2.06. The number of rotatable bonds is 2. The maximum absolute atomic E-state index is 10.7. The van der Waals surface area contributed by atoms with Crippen molar-refractivity contribution in [3.8, 4) is 0 Å². The molecule has 72 valence electrons. The van der Waals surface area contributed by atoms with E-state index in [1.807, 2.05) is 0 Å². The van der Waals surface area contributed by atoms with E-state index in [0.717, 1.165) is 0 Å². The number of aryl methyl sites for hydroxylation is 2. The fourth-order valence-electron chi connectivity index (χ4n) is 0.985. The molecule has 1 aromatic heterocycles. The first kappa shape index (κ1) is 10.3. The lowest BCUT2D eigenvalue weighted by atomic mass is 10.3. The van der Waals surface area contributed by atoms with E-state index in [9.17, 15) is 4.57 Å². The molecule has 0 bridgehead atoms. The van der Waals surface area contributed by atoms with Crippen molar-refractivity contribution in [2.24, 2.45) is 0 Å². The van der Waals surface area contributed by atoms with Gasteiger partial charge in [-0.1, -0.05) is 0 Å². The van der Waals surface area contributed by atoms with Crippen LogP contribution in [-0.2, 0) is 10.7 Å². The fourth-order valence-corrected chi connectivity index (χ4v) is 1.74. The van der Waals surface area contributed by atoms with Crippen molar-refractivity contribution in [2.45, 2.75) is 20.0 Å². The zero-order valence-electron chi connectivity index (χ0n) is 7.43. The van der Waals surface area contributed by atoms with E-state index in [0.29, 0.717) is 17.1 Å². The molecule has 6 heteroatoms. The summed E-state index contributed by atoms with van der Waals surface area (Å²) in [5.41, 5.74) is 1.12. The number of hydrogen-bond donors (Lipinski definition) is 2. The molecule has 5 nitrogen and oxygen atoms in total. The second-order valence-electron chi connectivity index (χ2n) is 2.85. The van der Waals surface area contributed by atoms with Crippen molar-refractivity contribution in [1.82, 2.24) is 9.97 Å². The van der Waals surface area contributed by atoms with Gasteiger partial charge < -0.3 is 9.79 Å². The summed E-state index contributed by atoms with van der Waals surface area (Å²) in [5.74, 6) is 0.604. The van der Waals surface area contributed by atoms with Gasteiger partial charge in [0.1, 0.15) is 5.82 Å². The standard InChI is InChI=1S/C7H11N2O3P/c1-5-7(4-13(10,11)12)3-8-6(2)9-5/h3H,4H2,1-2H3,(H2,10,11,12). The van der Waals surface area contributed by atoms with Gasteiger partial charge in [-0.2, -0.15) is 0 Å². The van der Waals surface area contributed by atoms with Gasteiger partial charge in [-0.3, -0.25) is 4.57 Å². The van der Waals surface area contributed by atoms with Crippen molar-refractivity contribution in [3.05, 3.63) is 23.3 Å². The monoisotopic (exact) mass is 202 g/mol. The Morgan fingerprint density at radius 2 is 2.08 bits per heavy atom. The Hall–Kier alpha value is -0.770. The number of nitrogens with zero attached hydrogens (tertiary/aromatic N) is 2. The zero-order chi connectivity index (χ0) is 10.1. The summed E-state index contributed by atoms with van der Waals surface area (Å²) in [4.78, 5) is 25.3. The van der Waals surface area contributed by atoms with Gasteiger partial charge in [0.15, 0.2) is 0 Å².